The second-order valence-corrected chi connectivity index (χ2v) is 5.99. The third kappa shape index (κ3) is 2.83. The molecule has 1 aliphatic carbocycles. The highest BCUT2D eigenvalue weighted by molar-refractivity contribution is 9.10. The first kappa shape index (κ1) is 11.5. The number of hydrogen-bond acceptors (Lipinski definition) is 2. The van der Waals surface area contributed by atoms with E-state index in [0.29, 0.717) is 0 Å². The molecule has 1 heterocycles. The van der Waals surface area contributed by atoms with E-state index in [9.17, 15) is 0 Å². The number of nitrogens with zero attached hydrogens (tertiary/aromatic N) is 1. The van der Waals surface area contributed by atoms with E-state index in [2.05, 4.69) is 44.3 Å². The lowest BCUT2D eigenvalue weighted by atomic mass is 10.2. The first-order chi connectivity index (χ1) is 8.33. The minimum Gasteiger partial charge on any atom is -0.371 e. The lowest BCUT2D eigenvalue weighted by molar-refractivity contribution is 0.687. The molecule has 2 nitrogen and oxygen atoms in total. The summed E-state index contributed by atoms with van der Waals surface area (Å²) in [7, 11) is 0. The van der Waals surface area contributed by atoms with E-state index < -0.39 is 0 Å². The molecule has 17 heavy (non-hydrogen) atoms. The predicted molar refractivity (Wildman–Crippen MR) is 75.5 cm³/mol. The van der Waals surface area contributed by atoms with Crippen LogP contribution in [0.25, 0.3) is 0 Å². The van der Waals surface area contributed by atoms with Gasteiger partial charge in [0.15, 0.2) is 0 Å². The third-order valence-corrected chi connectivity index (χ3v) is 4.27. The lowest BCUT2D eigenvalue weighted by Gasteiger charge is -2.19. The molecule has 1 aromatic rings. The topological polar surface area (TPSA) is 15.3 Å². The summed E-state index contributed by atoms with van der Waals surface area (Å²) >= 11 is 3.71. The van der Waals surface area contributed by atoms with Crippen molar-refractivity contribution in [1.82, 2.24) is 5.32 Å². The van der Waals surface area contributed by atoms with Gasteiger partial charge >= 0.3 is 0 Å². The van der Waals surface area contributed by atoms with Crippen LogP contribution in [0.5, 0.6) is 0 Å². The number of halogens is 1. The number of benzene rings is 1. The molecule has 0 atom stereocenters. The van der Waals surface area contributed by atoms with Crippen LogP contribution >= 0.6 is 15.9 Å². The van der Waals surface area contributed by atoms with Gasteiger partial charge < -0.3 is 10.2 Å². The van der Waals surface area contributed by atoms with Crippen LogP contribution in [0.1, 0.15) is 31.2 Å². The minimum atomic E-state index is 0.784. The molecule has 0 amide bonds. The minimum absolute atomic E-state index is 0.784. The summed E-state index contributed by atoms with van der Waals surface area (Å²) in [6.45, 7) is 3.42. The maximum Gasteiger partial charge on any atom is 0.0510 e. The van der Waals surface area contributed by atoms with Crippen LogP contribution in [0.15, 0.2) is 22.7 Å². The van der Waals surface area contributed by atoms with E-state index in [-0.39, 0.29) is 0 Å². The summed E-state index contributed by atoms with van der Waals surface area (Å²) in [6, 6.07) is 7.57. The highest BCUT2D eigenvalue weighted by atomic mass is 79.9. The van der Waals surface area contributed by atoms with E-state index in [1.807, 2.05) is 0 Å². The molecular weight excluding hydrogens is 276 g/mol. The molecule has 3 heteroatoms. The molecule has 2 fully saturated rings. The van der Waals surface area contributed by atoms with Gasteiger partial charge in [0.1, 0.15) is 0 Å². The second-order valence-electron chi connectivity index (χ2n) is 5.14. The van der Waals surface area contributed by atoms with Crippen molar-refractivity contribution in [2.24, 2.45) is 0 Å². The Morgan fingerprint density at radius 3 is 2.65 bits per heavy atom. The fourth-order valence-corrected chi connectivity index (χ4v) is 3.10. The summed E-state index contributed by atoms with van der Waals surface area (Å²) in [4.78, 5) is 2.47. The molecule has 0 unspecified atom stereocenters. The Labute approximate surface area is 112 Å². The van der Waals surface area contributed by atoms with Gasteiger partial charge in [-0.25, -0.2) is 0 Å². The van der Waals surface area contributed by atoms with Gasteiger partial charge in [0.05, 0.1) is 5.69 Å². The lowest BCUT2D eigenvalue weighted by Crippen LogP contribution is -2.19. The van der Waals surface area contributed by atoms with Gasteiger partial charge in [-0.1, -0.05) is 6.07 Å². The van der Waals surface area contributed by atoms with Crippen LogP contribution < -0.4 is 10.2 Å². The fourth-order valence-electron chi connectivity index (χ4n) is 2.42. The van der Waals surface area contributed by atoms with Crippen molar-refractivity contribution < 1.29 is 0 Å². The van der Waals surface area contributed by atoms with Gasteiger partial charge in [0.25, 0.3) is 0 Å². The molecule has 0 bridgehead atoms. The molecule has 1 saturated heterocycles. The van der Waals surface area contributed by atoms with Crippen LogP contribution in [-0.4, -0.2) is 19.1 Å². The zero-order valence-corrected chi connectivity index (χ0v) is 11.7. The predicted octanol–water partition coefficient (Wildman–Crippen LogP) is 3.30. The SMILES string of the molecule is Brc1cc(CNC2CC2)ccc1N1CCCC1. The van der Waals surface area contributed by atoms with Crippen molar-refractivity contribution >= 4 is 21.6 Å². The molecule has 2 aliphatic rings. The molecule has 1 N–H and O–H groups in total. The summed E-state index contributed by atoms with van der Waals surface area (Å²) in [6.07, 6.45) is 5.37. The van der Waals surface area contributed by atoms with Crippen LogP contribution in [0.4, 0.5) is 5.69 Å². The maximum atomic E-state index is 3.71. The molecule has 1 aromatic carbocycles. The highest BCUT2D eigenvalue weighted by Gasteiger charge is 2.20. The van der Waals surface area contributed by atoms with Gasteiger partial charge in [-0.15, -0.1) is 0 Å². The Morgan fingerprint density at radius 1 is 1.24 bits per heavy atom. The van der Waals surface area contributed by atoms with E-state index in [1.165, 1.54) is 54.5 Å². The van der Waals surface area contributed by atoms with Crippen LogP contribution in [0.3, 0.4) is 0 Å². The van der Waals surface area contributed by atoms with E-state index >= 15 is 0 Å². The van der Waals surface area contributed by atoms with Gasteiger partial charge in [0.2, 0.25) is 0 Å². The van der Waals surface area contributed by atoms with Crippen molar-refractivity contribution in [3.63, 3.8) is 0 Å². The average molecular weight is 295 g/mol. The van der Waals surface area contributed by atoms with Crippen LogP contribution in [0.2, 0.25) is 0 Å². The van der Waals surface area contributed by atoms with Gasteiger partial charge in [-0.2, -0.15) is 0 Å². The zero-order valence-electron chi connectivity index (χ0n) is 10.1. The van der Waals surface area contributed by atoms with E-state index in [1.54, 1.807) is 0 Å². The van der Waals surface area contributed by atoms with E-state index in [0.717, 1.165) is 12.6 Å². The maximum absolute atomic E-state index is 3.71. The number of rotatable bonds is 4. The quantitative estimate of drug-likeness (QED) is 0.917. The summed E-state index contributed by atoms with van der Waals surface area (Å²) in [5.41, 5.74) is 2.74. The van der Waals surface area contributed by atoms with Crippen molar-refractivity contribution in [2.45, 2.75) is 38.3 Å². The Balaban J connectivity index is 1.68. The molecule has 92 valence electrons. The first-order valence-electron chi connectivity index (χ1n) is 6.60. The van der Waals surface area contributed by atoms with Crippen molar-refractivity contribution in [3.05, 3.63) is 28.2 Å². The number of hydrogen-bond donors (Lipinski definition) is 1. The second kappa shape index (κ2) is 4.99. The highest BCUT2D eigenvalue weighted by Crippen LogP contribution is 2.30. The third-order valence-electron chi connectivity index (χ3n) is 3.63. The Hall–Kier alpha value is -0.540. The smallest absolute Gasteiger partial charge is 0.0510 e. The Morgan fingerprint density at radius 2 is 2.00 bits per heavy atom. The monoisotopic (exact) mass is 294 g/mol. The average Bonchev–Trinajstić information content (AvgIpc) is 3.01. The van der Waals surface area contributed by atoms with Crippen molar-refractivity contribution in [3.8, 4) is 0 Å². The molecule has 3 rings (SSSR count). The van der Waals surface area contributed by atoms with Crippen molar-refractivity contribution in [2.75, 3.05) is 18.0 Å². The van der Waals surface area contributed by atoms with E-state index in [4.69, 9.17) is 0 Å². The van der Waals surface area contributed by atoms with Crippen LogP contribution in [0, 0.1) is 0 Å². The molecular formula is C14H19BrN2. The molecule has 0 spiro atoms. The molecule has 1 aliphatic heterocycles. The van der Waals surface area contributed by atoms with Crippen LogP contribution in [-0.2, 0) is 6.54 Å². The molecule has 0 aromatic heterocycles. The summed E-state index contributed by atoms with van der Waals surface area (Å²) < 4.78 is 1.24. The Kier molecular flexibility index (Phi) is 3.39. The van der Waals surface area contributed by atoms with Crippen molar-refractivity contribution in [1.29, 1.82) is 0 Å². The fraction of sp³-hybridized carbons (Fsp3) is 0.571. The number of nitrogens with one attached hydrogen (secondary N) is 1. The van der Waals surface area contributed by atoms with Gasteiger partial charge in [0, 0.05) is 30.1 Å². The normalized spacial score (nSPS) is 19.9. The Bertz CT molecular complexity index is 395. The first-order valence-corrected chi connectivity index (χ1v) is 7.39. The van der Waals surface area contributed by atoms with Gasteiger partial charge in [-0.3, -0.25) is 0 Å². The zero-order chi connectivity index (χ0) is 11.7. The summed E-state index contributed by atoms with van der Waals surface area (Å²) in [5.74, 6) is 0. The molecule has 1 saturated carbocycles. The van der Waals surface area contributed by atoms with Gasteiger partial charge in [-0.05, 0) is 59.3 Å². The largest absolute Gasteiger partial charge is 0.371 e. The number of anilines is 1. The summed E-state index contributed by atoms with van der Waals surface area (Å²) in [5, 5.41) is 3.55. The molecule has 0 radical (unpaired) electrons. The standard InChI is InChI=1S/C14H19BrN2/c15-13-9-11(10-16-12-4-5-12)3-6-14(13)17-7-1-2-8-17/h3,6,9,12,16H,1-2,4-5,7-8,10H2.